The van der Waals surface area contributed by atoms with Crippen molar-refractivity contribution in [3.05, 3.63) is 88.6 Å². The average Bonchev–Trinajstić information content (AvgIpc) is 3.50. The van der Waals surface area contributed by atoms with Gasteiger partial charge >= 0.3 is 0 Å². The quantitative estimate of drug-likeness (QED) is 0.395. The Kier molecular flexibility index (Phi) is 5.31. The minimum absolute atomic E-state index is 0.225. The molecule has 1 unspecified atom stereocenters. The van der Waals surface area contributed by atoms with Gasteiger partial charge in [0.25, 0.3) is 10.0 Å². The Morgan fingerprint density at radius 2 is 1.81 bits per heavy atom. The molecule has 1 heterocycles. The van der Waals surface area contributed by atoms with Gasteiger partial charge in [-0.3, -0.25) is 0 Å². The zero-order valence-electron chi connectivity index (χ0n) is 17.6. The van der Waals surface area contributed by atoms with E-state index in [0.29, 0.717) is 16.9 Å². The molecule has 2 aliphatic carbocycles. The first-order valence-corrected chi connectivity index (χ1v) is 12.8. The monoisotopic (exact) mass is 451 g/mol. The van der Waals surface area contributed by atoms with Crippen LogP contribution in [0.4, 0.5) is 0 Å². The summed E-state index contributed by atoms with van der Waals surface area (Å²) in [6.45, 7) is 2.18. The molecule has 5 rings (SSSR count). The number of fused-ring (bicyclic) bond motifs is 1. The fourth-order valence-corrected chi connectivity index (χ4v) is 6.91. The van der Waals surface area contributed by atoms with Gasteiger partial charge in [-0.15, -0.1) is 0 Å². The minimum atomic E-state index is -3.77. The second-order valence-corrected chi connectivity index (χ2v) is 10.8. The Bertz CT molecular complexity index is 1260. The van der Waals surface area contributed by atoms with E-state index >= 15 is 0 Å². The first-order chi connectivity index (χ1) is 15.0. The summed E-state index contributed by atoms with van der Waals surface area (Å²) < 4.78 is 29.1. The zero-order chi connectivity index (χ0) is 21.6. The highest BCUT2D eigenvalue weighted by Crippen LogP contribution is 2.46. The van der Waals surface area contributed by atoms with E-state index in [1.807, 2.05) is 12.3 Å². The summed E-state index contributed by atoms with van der Waals surface area (Å²) in [6.07, 6.45) is 11.3. The molecule has 0 saturated carbocycles. The molecular formula is C26H26ClNO2S. The molecule has 2 aliphatic rings. The van der Waals surface area contributed by atoms with Crippen molar-refractivity contribution in [3.8, 4) is 11.3 Å². The molecule has 0 radical (unpaired) electrons. The normalized spacial score (nSPS) is 18.6. The minimum Gasteiger partial charge on any atom is -0.241 e. The Hall–Kier alpha value is -2.30. The number of halogens is 1. The maximum absolute atomic E-state index is 13.8. The Balaban J connectivity index is 1.76. The molecule has 160 valence electrons. The zero-order valence-corrected chi connectivity index (χ0v) is 19.2. The van der Waals surface area contributed by atoms with E-state index in [1.165, 1.54) is 26.7 Å². The Morgan fingerprint density at radius 1 is 1.03 bits per heavy atom. The molecule has 1 aromatic heterocycles. The molecule has 0 fully saturated rings. The molecule has 2 aromatic carbocycles. The van der Waals surface area contributed by atoms with Gasteiger partial charge in [0.2, 0.25) is 0 Å². The number of aromatic nitrogens is 1. The number of allylic oxidation sites excluding steroid dienone is 2. The molecular weight excluding hydrogens is 426 g/mol. The highest BCUT2D eigenvalue weighted by molar-refractivity contribution is 7.90. The van der Waals surface area contributed by atoms with Crippen LogP contribution >= 0.6 is 11.6 Å². The fraction of sp³-hybridized carbons (Fsp3) is 0.308. The van der Waals surface area contributed by atoms with E-state index in [-0.39, 0.29) is 4.90 Å². The molecule has 0 saturated heterocycles. The Morgan fingerprint density at radius 3 is 2.55 bits per heavy atom. The number of rotatable bonds is 5. The van der Waals surface area contributed by atoms with Crippen LogP contribution in [-0.2, 0) is 16.4 Å². The molecule has 0 N–H and O–H groups in total. The highest BCUT2D eigenvalue weighted by Gasteiger charge is 2.33. The van der Waals surface area contributed by atoms with Gasteiger partial charge in [0.05, 0.1) is 10.6 Å². The molecule has 31 heavy (non-hydrogen) atoms. The van der Waals surface area contributed by atoms with Crippen LogP contribution < -0.4 is 0 Å². The smallest absolute Gasteiger partial charge is 0.241 e. The van der Waals surface area contributed by atoms with Gasteiger partial charge in [-0.05, 0) is 78.8 Å². The van der Waals surface area contributed by atoms with Gasteiger partial charge < -0.3 is 0 Å². The summed E-state index contributed by atoms with van der Waals surface area (Å²) >= 11 is 6.15. The van der Waals surface area contributed by atoms with Crippen LogP contribution in [0, 0.1) is 0 Å². The van der Waals surface area contributed by atoms with Gasteiger partial charge in [0.15, 0.2) is 0 Å². The van der Waals surface area contributed by atoms with E-state index in [9.17, 15) is 8.42 Å². The largest absolute Gasteiger partial charge is 0.268 e. The molecule has 1 atom stereocenters. The van der Waals surface area contributed by atoms with Gasteiger partial charge in [-0.2, -0.15) is 0 Å². The van der Waals surface area contributed by atoms with Crippen LogP contribution in [0.25, 0.3) is 11.3 Å². The van der Waals surface area contributed by atoms with Crippen molar-refractivity contribution >= 4 is 21.6 Å². The lowest BCUT2D eigenvalue weighted by Gasteiger charge is -2.19. The number of hydrogen-bond acceptors (Lipinski definition) is 2. The van der Waals surface area contributed by atoms with Crippen molar-refractivity contribution < 1.29 is 8.42 Å². The third-order valence-electron chi connectivity index (χ3n) is 6.80. The summed E-state index contributed by atoms with van der Waals surface area (Å²) in [5.41, 5.74) is 5.49. The summed E-state index contributed by atoms with van der Waals surface area (Å²) in [7, 11) is -3.77. The predicted octanol–water partition coefficient (Wildman–Crippen LogP) is 6.92. The van der Waals surface area contributed by atoms with Crippen LogP contribution in [0.2, 0.25) is 5.02 Å². The van der Waals surface area contributed by atoms with Gasteiger partial charge in [0, 0.05) is 16.8 Å². The Labute approximate surface area is 189 Å². The first kappa shape index (κ1) is 20.6. The van der Waals surface area contributed by atoms with Crippen molar-refractivity contribution in [2.75, 3.05) is 0 Å². The summed E-state index contributed by atoms with van der Waals surface area (Å²) in [4.78, 5) is 0.225. The predicted molar refractivity (Wildman–Crippen MR) is 126 cm³/mol. The van der Waals surface area contributed by atoms with E-state index < -0.39 is 10.0 Å². The lowest BCUT2D eigenvalue weighted by Crippen LogP contribution is -2.15. The third-order valence-corrected chi connectivity index (χ3v) is 8.69. The standard InChI is InChI=1S/C26H26ClNO2S/c1-2-18-14-15-24-25(18)17-28(31(29,30)21-11-7-10-20(27)16-21)26(24)23-13-6-5-12-22(23)19-8-3-4-9-19/h3-7,10-13,16-19H,2,8-9,14-15H2,1H3. The SMILES string of the molecule is CCC1CCc2c1cn(S(=O)(=O)c1cccc(Cl)c1)c2-c1ccccc1C1CC=CC1. The molecule has 3 nitrogen and oxygen atoms in total. The maximum Gasteiger partial charge on any atom is 0.268 e. The third kappa shape index (κ3) is 3.46. The molecule has 0 spiro atoms. The number of benzene rings is 2. The molecule has 0 aliphatic heterocycles. The maximum atomic E-state index is 13.8. The van der Waals surface area contributed by atoms with E-state index in [2.05, 4.69) is 37.3 Å². The summed E-state index contributed by atoms with van der Waals surface area (Å²) in [5, 5.41) is 0.422. The van der Waals surface area contributed by atoms with E-state index in [1.54, 1.807) is 18.2 Å². The number of nitrogens with zero attached hydrogens (tertiary/aromatic N) is 1. The summed E-state index contributed by atoms with van der Waals surface area (Å²) in [6, 6.07) is 14.9. The fourth-order valence-electron chi connectivity index (χ4n) is 5.20. The van der Waals surface area contributed by atoms with E-state index in [0.717, 1.165) is 43.4 Å². The van der Waals surface area contributed by atoms with Crippen LogP contribution in [0.15, 0.2) is 71.8 Å². The molecule has 0 bridgehead atoms. The number of hydrogen-bond donors (Lipinski definition) is 0. The molecule has 3 aromatic rings. The van der Waals surface area contributed by atoms with E-state index in [4.69, 9.17) is 11.6 Å². The van der Waals surface area contributed by atoms with Gasteiger partial charge in [-0.25, -0.2) is 12.4 Å². The lowest BCUT2D eigenvalue weighted by atomic mass is 9.90. The van der Waals surface area contributed by atoms with Crippen molar-refractivity contribution in [3.63, 3.8) is 0 Å². The molecule has 0 amide bonds. The highest BCUT2D eigenvalue weighted by atomic mass is 35.5. The first-order valence-electron chi connectivity index (χ1n) is 11.0. The van der Waals surface area contributed by atoms with Crippen molar-refractivity contribution in [1.82, 2.24) is 3.97 Å². The summed E-state index contributed by atoms with van der Waals surface area (Å²) in [5.74, 6) is 0.803. The van der Waals surface area contributed by atoms with Gasteiger partial charge in [0.1, 0.15) is 0 Å². The van der Waals surface area contributed by atoms with Crippen LogP contribution in [0.1, 0.15) is 61.1 Å². The lowest BCUT2D eigenvalue weighted by molar-refractivity contribution is 0.586. The average molecular weight is 452 g/mol. The van der Waals surface area contributed by atoms with Crippen LogP contribution in [0.3, 0.4) is 0 Å². The van der Waals surface area contributed by atoms with Crippen molar-refractivity contribution in [2.24, 2.45) is 0 Å². The van der Waals surface area contributed by atoms with Crippen molar-refractivity contribution in [1.29, 1.82) is 0 Å². The van der Waals surface area contributed by atoms with Gasteiger partial charge in [-0.1, -0.05) is 61.0 Å². The van der Waals surface area contributed by atoms with Crippen LogP contribution in [0.5, 0.6) is 0 Å². The second-order valence-electron chi connectivity index (χ2n) is 8.54. The van der Waals surface area contributed by atoms with Crippen molar-refractivity contribution in [2.45, 2.75) is 55.8 Å². The molecule has 5 heteroatoms. The van der Waals surface area contributed by atoms with Crippen LogP contribution in [-0.4, -0.2) is 12.4 Å². The second kappa shape index (κ2) is 7.99. The topological polar surface area (TPSA) is 39.1 Å².